The van der Waals surface area contributed by atoms with Crippen LogP contribution >= 0.6 is 11.6 Å². The van der Waals surface area contributed by atoms with Crippen LogP contribution in [0.25, 0.3) is 0 Å². The van der Waals surface area contributed by atoms with Crippen molar-refractivity contribution in [2.45, 2.75) is 19.4 Å². The normalized spacial score (nSPS) is 17.9. The van der Waals surface area contributed by atoms with Crippen LogP contribution < -0.4 is 4.90 Å². The molecule has 1 aromatic rings. The Labute approximate surface area is 84.3 Å². The molecule has 13 heavy (non-hydrogen) atoms. The number of hydrogen-bond acceptors (Lipinski definition) is 0. The zero-order chi connectivity index (χ0) is 9.10. The van der Waals surface area contributed by atoms with Crippen molar-refractivity contribution in [2.24, 2.45) is 0 Å². The Kier molecular flexibility index (Phi) is 2.87. The second-order valence-electron chi connectivity index (χ2n) is 3.76. The minimum atomic E-state index is 0.833. The molecule has 2 rings (SSSR count). The molecule has 0 saturated carbocycles. The second kappa shape index (κ2) is 4.12. The zero-order valence-electron chi connectivity index (χ0n) is 7.72. The number of quaternary nitrogens is 1. The molecule has 0 aromatic heterocycles. The molecule has 0 amide bonds. The topological polar surface area (TPSA) is 4.44 Å². The van der Waals surface area contributed by atoms with Crippen molar-refractivity contribution < 1.29 is 4.90 Å². The first-order chi connectivity index (χ1) is 6.34. The van der Waals surface area contributed by atoms with E-state index in [1.807, 2.05) is 12.1 Å². The lowest BCUT2D eigenvalue weighted by Crippen LogP contribution is -3.08. The van der Waals surface area contributed by atoms with E-state index in [0.717, 1.165) is 11.6 Å². The Morgan fingerprint density at radius 2 is 1.69 bits per heavy atom. The maximum atomic E-state index is 5.82. The van der Waals surface area contributed by atoms with Gasteiger partial charge >= 0.3 is 0 Å². The predicted octanol–water partition coefficient (Wildman–Crippen LogP) is 1.52. The summed E-state index contributed by atoms with van der Waals surface area (Å²) in [5.41, 5.74) is 1.40. The van der Waals surface area contributed by atoms with Crippen LogP contribution in [-0.4, -0.2) is 13.1 Å². The van der Waals surface area contributed by atoms with E-state index in [0.29, 0.717) is 0 Å². The molecule has 1 heterocycles. The summed E-state index contributed by atoms with van der Waals surface area (Å²) in [5.74, 6) is 0. The summed E-state index contributed by atoms with van der Waals surface area (Å²) in [5, 5.41) is 0.833. The summed E-state index contributed by atoms with van der Waals surface area (Å²) < 4.78 is 0. The number of rotatable bonds is 2. The number of benzene rings is 1. The number of likely N-dealkylation sites (tertiary alicyclic amines) is 1. The fourth-order valence-electron chi connectivity index (χ4n) is 1.94. The Balaban J connectivity index is 1.97. The molecule has 0 aliphatic carbocycles. The zero-order valence-corrected chi connectivity index (χ0v) is 8.48. The van der Waals surface area contributed by atoms with Gasteiger partial charge in [-0.2, -0.15) is 0 Å². The van der Waals surface area contributed by atoms with Crippen LogP contribution in [-0.2, 0) is 6.54 Å². The van der Waals surface area contributed by atoms with E-state index in [1.54, 1.807) is 4.90 Å². The highest BCUT2D eigenvalue weighted by atomic mass is 35.5. The van der Waals surface area contributed by atoms with E-state index < -0.39 is 0 Å². The van der Waals surface area contributed by atoms with E-state index in [4.69, 9.17) is 11.6 Å². The van der Waals surface area contributed by atoms with Crippen LogP contribution in [0.2, 0.25) is 5.02 Å². The first kappa shape index (κ1) is 9.04. The van der Waals surface area contributed by atoms with E-state index in [-0.39, 0.29) is 0 Å². The van der Waals surface area contributed by atoms with Crippen LogP contribution in [0.3, 0.4) is 0 Å². The summed E-state index contributed by atoms with van der Waals surface area (Å²) in [6.07, 6.45) is 2.78. The number of hydrogen-bond donors (Lipinski definition) is 1. The smallest absolute Gasteiger partial charge is 0.103 e. The van der Waals surface area contributed by atoms with E-state index in [1.165, 1.54) is 31.5 Å². The fraction of sp³-hybridized carbons (Fsp3) is 0.455. The van der Waals surface area contributed by atoms with Gasteiger partial charge in [-0.3, -0.25) is 0 Å². The van der Waals surface area contributed by atoms with Gasteiger partial charge in [-0.15, -0.1) is 0 Å². The van der Waals surface area contributed by atoms with Crippen molar-refractivity contribution in [1.29, 1.82) is 0 Å². The van der Waals surface area contributed by atoms with Crippen LogP contribution in [0.4, 0.5) is 0 Å². The van der Waals surface area contributed by atoms with Gasteiger partial charge in [0.1, 0.15) is 6.54 Å². The van der Waals surface area contributed by atoms with Gasteiger partial charge in [-0.25, -0.2) is 0 Å². The average molecular weight is 197 g/mol. The minimum absolute atomic E-state index is 0.833. The molecule has 2 heteroatoms. The van der Waals surface area contributed by atoms with E-state index in [2.05, 4.69) is 12.1 Å². The predicted molar refractivity (Wildman–Crippen MR) is 55.1 cm³/mol. The lowest BCUT2D eigenvalue weighted by Gasteiger charge is -2.11. The van der Waals surface area contributed by atoms with Crippen molar-refractivity contribution in [3.8, 4) is 0 Å². The molecule has 70 valence electrons. The van der Waals surface area contributed by atoms with Gasteiger partial charge in [0.25, 0.3) is 0 Å². The van der Waals surface area contributed by atoms with Gasteiger partial charge < -0.3 is 4.90 Å². The molecule has 1 saturated heterocycles. The van der Waals surface area contributed by atoms with Gasteiger partial charge in [0, 0.05) is 23.4 Å². The highest BCUT2D eigenvalue weighted by molar-refractivity contribution is 6.30. The van der Waals surface area contributed by atoms with Crippen LogP contribution in [0.1, 0.15) is 18.4 Å². The lowest BCUT2D eigenvalue weighted by molar-refractivity contribution is -0.901. The van der Waals surface area contributed by atoms with Gasteiger partial charge in [0.05, 0.1) is 13.1 Å². The third kappa shape index (κ3) is 2.45. The summed E-state index contributed by atoms with van der Waals surface area (Å²) in [6, 6.07) is 8.22. The SMILES string of the molecule is Clc1ccc(C[NH+]2CCCC2)cc1. The molecule has 1 aromatic carbocycles. The summed E-state index contributed by atoms with van der Waals surface area (Å²) in [4.78, 5) is 1.71. The summed E-state index contributed by atoms with van der Waals surface area (Å²) in [6.45, 7) is 3.84. The minimum Gasteiger partial charge on any atom is -0.331 e. The third-order valence-corrected chi connectivity index (χ3v) is 2.93. The van der Waals surface area contributed by atoms with E-state index >= 15 is 0 Å². The molecular formula is C11H15ClN+. The molecule has 0 atom stereocenters. The Morgan fingerprint density at radius 1 is 1.08 bits per heavy atom. The maximum Gasteiger partial charge on any atom is 0.103 e. The molecular weight excluding hydrogens is 182 g/mol. The number of nitrogens with one attached hydrogen (secondary N) is 1. The first-order valence-corrected chi connectivity index (χ1v) is 5.30. The molecule has 0 radical (unpaired) electrons. The lowest BCUT2D eigenvalue weighted by atomic mass is 10.2. The van der Waals surface area contributed by atoms with Crippen molar-refractivity contribution >= 4 is 11.6 Å². The van der Waals surface area contributed by atoms with Crippen molar-refractivity contribution in [2.75, 3.05) is 13.1 Å². The number of halogens is 1. The Bertz CT molecular complexity index is 262. The standard InChI is InChI=1S/C11H14ClN/c12-11-5-3-10(4-6-11)9-13-7-1-2-8-13/h3-6H,1-2,7-9H2/p+1. The highest BCUT2D eigenvalue weighted by Gasteiger charge is 2.14. The third-order valence-electron chi connectivity index (χ3n) is 2.68. The highest BCUT2D eigenvalue weighted by Crippen LogP contribution is 2.08. The Morgan fingerprint density at radius 3 is 2.31 bits per heavy atom. The average Bonchev–Trinajstić information content (AvgIpc) is 2.62. The van der Waals surface area contributed by atoms with Gasteiger partial charge in [-0.05, 0) is 12.1 Å². The van der Waals surface area contributed by atoms with Gasteiger partial charge in [-0.1, -0.05) is 23.7 Å². The molecule has 1 aliphatic rings. The van der Waals surface area contributed by atoms with Crippen molar-refractivity contribution in [3.05, 3.63) is 34.9 Å². The summed E-state index contributed by atoms with van der Waals surface area (Å²) in [7, 11) is 0. The monoisotopic (exact) mass is 196 g/mol. The molecule has 0 bridgehead atoms. The molecule has 1 nitrogen and oxygen atoms in total. The molecule has 1 aliphatic heterocycles. The van der Waals surface area contributed by atoms with Crippen LogP contribution in [0.5, 0.6) is 0 Å². The summed E-state index contributed by atoms with van der Waals surface area (Å²) >= 11 is 5.82. The molecule has 0 spiro atoms. The second-order valence-corrected chi connectivity index (χ2v) is 4.20. The quantitative estimate of drug-likeness (QED) is 0.732. The van der Waals surface area contributed by atoms with Gasteiger partial charge in [0.2, 0.25) is 0 Å². The fourth-order valence-corrected chi connectivity index (χ4v) is 2.07. The maximum absolute atomic E-state index is 5.82. The molecule has 0 unspecified atom stereocenters. The largest absolute Gasteiger partial charge is 0.331 e. The first-order valence-electron chi connectivity index (χ1n) is 4.92. The van der Waals surface area contributed by atoms with Crippen molar-refractivity contribution in [3.63, 3.8) is 0 Å². The van der Waals surface area contributed by atoms with Crippen LogP contribution in [0, 0.1) is 0 Å². The molecule has 1 fully saturated rings. The van der Waals surface area contributed by atoms with Gasteiger partial charge in [0.15, 0.2) is 0 Å². The van der Waals surface area contributed by atoms with Crippen molar-refractivity contribution in [1.82, 2.24) is 0 Å². The molecule has 1 N–H and O–H groups in total. The van der Waals surface area contributed by atoms with E-state index in [9.17, 15) is 0 Å². The van der Waals surface area contributed by atoms with Crippen LogP contribution in [0.15, 0.2) is 24.3 Å². The Hall–Kier alpha value is -0.530.